The van der Waals surface area contributed by atoms with Crippen molar-refractivity contribution in [3.05, 3.63) is 37.9 Å². The molecule has 0 spiro atoms. The molecule has 1 aromatic rings. The second-order valence-electron chi connectivity index (χ2n) is 2.51. The number of rotatable bonds is 2. The number of nitro groups is 1. The molecule has 1 rings (SSSR count). The third-order valence-corrected chi connectivity index (χ3v) is 2.18. The smallest absolute Gasteiger partial charge is 0.258 e. The fraction of sp³-hybridized carbons (Fsp3) is 0.250. The molecule has 0 aliphatic rings. The van der Waals surface area contributed by atoms with E-state index in [-0.39, 0.29) is 10.7 Å². The normalized spacial score (nSPS) is 10.1. The average molecular weight is 220 g/mol. The van der Waals surface area contributed by atoms with Gasteiger partial charge in [0.25, 0.3) is 5.69 Å². The molecular weight excluding hydrogens is 213 g/mol. The molecule has 0 bridgehead atoms. The summed E-state index contributed by atoms with van der Waals surface area (Å²) in [5.41, 5.74) is 0.510. The standard InChI is InChI=1S/C8H7Cl2NO2/c1-2-5-3-6(9)4-7(10)8(5)11(12)13/h3-4H,2H2,1H3. The molecule has 3 nitrogen and oxygen atoms in total. The summed E-state index contributed by atoms with van der Waals surface area (Å²) in [5.74, 6) is 0. The van der Waals surface area contributed by atoms with E-state index in [1.807, 2.05) is 6.92 Å². The van der Waals surface area contributed by atoms with Crippen molar-refractivity contribution in [2.75, 3.05) is 0 Å². The maximum Gasteiger partial charge on any atom is 0.291 e. The monoisotopic (exact) mass is 219 g/mol. The van der Waals surface area contributed by atoms with Crippen LogP contribution in [0.1, 0.15) is 12.5 Å². The van der Waals surface area contributed by atoms with Crippen LogP contribution in [0.4, 0.5) is 5.69 Å². The van der Waals surface area contributed by atoms with Crippen molar-refractivity contribution >= 4 is 28.9 Å². The average Bonchev–Trinajstić information content (AvgIpc) is 2.01. The van der Waals surface area contributed by atoms with Gasteiger partial charge in [-0.25, -0.2) is 0 Å². The molecule has 5 heteroatoms. The Balaban J connectivity index is 3.38. The number of halogens is 2. The second-order valence-corrected chi connectivity index (χ2v) is 3.35. The van der Waals surface area contributed by atoms with Gasteiger partial charge in [-0.2, -0.15) is 0 Å². The maximum absolute atomic E-state index is 10.6. The summed E-state index contributed by atoms with van der Waals surface area (Å²) in [6.45, 7) is 1.81. The Hall–Kier alpha value is -0.800. The summed E-state index contributed by atoms with van der Waals surface area (Å²) in [4.78, 5) is 10.1. The van der Waals surface area contributed by atoms with E-state index < -0.39 is 4.92 Å². The predicted octanol–water partition coefficient (Wildman–Crippen LogP) is 3.46. The summed E-state index contributed by atoms with van der Waals surface area (Å²) < 4.78 is 0. The van der Waals surface area contributed by atoms with Crippen molar-refractivity contribution in [2.24, 2.45) is 0 Å². The summed E-state index contributed by atoms with van der Waals surface area (Å²) in [7, 11) is 0. The van der Waals surface area contributed by atoms with E-state index in [4.69, 9.17) is 23.2 Å². The highest BCUT2D eigenvalue weighted by atomic mass is 35.5. The van der Waals surface area contributed by atoms with Gasteiger partial charge in [0.15, 0.2) is 0 Å². The van der Waals surface area contributed by atoms with E-state index in [2.05, 4.69) is 0 Å². The van der Waals surface area contributed by atoms with Crippen LogP contribution >= 0.6 is 23.2 Å². The summed E-state index contributed by atoms with van der Waals surface area (Å²) in [5, 5.41) is 11.1. The van der Waals surface area contributed by atoms with Gasteiger partial charge >= 0.3 is 0 Å². The van der Waals surface area contributed by atoms with Gasteiger partial charge in [-0.15, -0.1) is 0 Å². The maximum atomic E-state index is 10.6. The summed E-state index contributed by atoms with van der Waals surface area (Å²) >= 11 is 11.4. The molecule has 0 saturated carbocycles. The van der Waals surface area contributed by atoms with Crippen LogP contribution < -0.4 is 0 Å². The Bertz CT molecular complexity index is 352. The van der Waals surface area contributed by atoms with Crippen molar-refractivity contribution in [3.63, 3.8) is 0 Å². The van der Waals surface area contributed by atoms with Gasteiger partial charge in [-0.3, -0.25) is 10.1 Å². The first-order chi connectivity index (χ1) is 6.06. The highest BCUT2D eigenvalue weighted by Crippen LogP contribution is 2.31. The van der Waals surface area contributed by atoms with E-state index >= 15 is 0 Å². The highest BCUT2D eigenvalue weighted by Gasteiger charge is 2.18. The zero-order valence-corrected chi connectivity index (χ0v) is 8.39. The molecule has 13 heavy (non-hydrogen) atoms. The van der Waals surface area contributed by atoms with E-state index in [9.17, 15) is 10.1 Å². The van der Waals surface area contributed by atoms with Gasteiger partial charge in [0.2, 0.25) is 0 Å². The number of nitro benzene ring substituents is 1. The van der Waals surface area contributed by atoms with E-state index in [1.54, 1.807) is 6.07 Å². The minimum absolute atomic E-state index is 0.0476. The van der Waals surface area contributed by atoms with Crippen molar-refractivity contribution in [1.82, 2.24) is 0 Å². The molecular formula is C8H7Cl2NO2. The van der Waals surface area contributed by atoms with Crippen molar-refractivity contribution < 1.29 is 4.92 Å². The Kier molecular flexibility index (Phi) is 3.12. The van der Waals surface area contributed by atoms with Crippen LogP contribution in [0.15, 0.2) is 12.1 Å². The van der Waals surface area contributed by atoms with Crippen molar-refractivity contribution in [3.8, 4) is 0 Å². The molecule has 0 radical (unpaired) electrons. The molecule has 70 valence electrons. The minimum Gasteiger partial charge on any atom is -0.258 e. The van der Waals surface area contributed by atoms with Gasteiger partial charge in [0.05, 0.1) is 4.92 Å². The SMILES string of the molecule is CCc1cc(Cl)cc(Cl)c1[N+](=O)[O-]. The Labute approximate surface area is 85.4 Å². The molecule has 0 N–H and O–H groups in total. The van der Waals surface area contributed by atoms with Crippen LogP contribution in [0.25, 0.3) is 0 Å². The topological polar surface area (TPSA) is 43.1 Å². The zero-order valence-electron chi connectivity index (χ0n) is 6.88. The fourth-order valence-corrected chi connectivity index (χ4v) is 1.70. The lowest BCUT2D eigenvalue weighted by molar-refractivity contribution is -0.385. The lowest BCUT2D eigenvalue weighted by atomic mass is 10.1. The number of nitrogens with zero attached hydrogens (tertiary/aromatic N) is 1. The van der Waals surface area contributed by atoms with Crippen LogP contribution in [0.3, 0.4) is 0 Å². The second kappa shape index (κ2) is 3.94. The van der Waals surface area contributed by atoms with Gasteiger partial charge in [-0.05, 0) is 18.6 Å². The van der Waals surface area contributed by atoms with Gasteiger partial charge in [0.1, 0.15) is 5.02 Å². The number of aryl methyl sites for hydroxylation is 1. The molecule has 0 aliphatic carbocycles. The molecule has 0 fully saturated rings. The molecule has 0 saturated heterocycles. The Morgan fingerprint density at radius 1 is 1.46 bits per heavy atom. The first-order valence-corrected chi connectivity index (χ1v) is 4.44. The van der Waals surface area contributed by atoms with E-state index in [1.165, 1.54) is 6.07 Å². The summed E-state index contributed by atoms with van der Waals surface area (Å²) in [6.07, 6.45) is 0.538. The van der Waals surface area contributed by atoms with Gasteiger partial charge in [0, 0.05) is 10.6 Å². The van der Waals surface area contributed by atoms with E-state index in [0.29, 0.717) is 17.0 Å². The Morgan fingerprint density at radius 3 is 2.54 bits per heavy atom. The number of hydrogen-bond acceptors (Lipinski definition) is 2. The van der Waals surface area contributed by atoms with Crippen molar-refractivity contribution in [2.45, 2.75) is 13.3 Å². The number of benzene rings is 1. The molecule has 0 heterocycles. The molecule has 0 amide bonds. The van der Waals surface area contributed by atoms with Gasteiger partial charge in [-0.1, -0.05) is 30.1 Å². The van der Waals surface area contributed by atoms with Crippen LogP contribution in [0.2, 0.25) is 10.0 Å². The lowest BCUT2D eigenvalue weighted by Gasteiger charge is -2.02. The quantitative estimate of drug-likeness (QED) is 0.565. The fourth-order valence-electron chi connectivity index (χ4n) is 1.09. The number of hydrogen-bond donors (Lipinski definition) is 0. The molecule has 1 aromatic carbocycles. The minimum atomic E-state index is -0.489. The highest BCUT2D eigenvalue weighted by molar-refractivity contribution is 6.36. The molecule has 0 aliphatic heterocycles. The first kappa shape index (κ1) is 10.3. The predicted molar refractivity (Wildman–Crippen MR) is 52.5 cm³/mol. The van der Waals surface area contributed by atoms with Crippen molar-refractivity contribution in [1.29, 1.82) is 0 Å². The van der Waals surface area contributed by atoms with E-state index in [0.717, 1.165) is 0 Å². The van der Waals surface area contributed by atoms with Crippen LogP contribution in [-0.4, -0.2) is 4.92 Å². The summed E-state index contributed by atoms with van der Waals surface area (Å²) in [6, 6.07) is 2.94. The Morgan fingerprint density at radius 2 is 2.08 bits per heavy atom. The molecule has 0 aromatic heterocycles. The van der Waals surface area contributed by atoms with Crippen LogP contribution in [-0.2, 0) is 6.42 Å². The molecule has 0 unspecified atom stereocenters. The first-order valence-electron chi connectivity index (χ1n) is 3.68. The van der Waals surface area contributed by atoms with Gasteiger partial charge < -0.3 is 0 Å². The lowest BCUT2D eigenvalue weighted by Crippen LogP contribution is -1.95. The van der Waals surface area contributed by atoms with Crippen LogP contribution in [0, 0.1) is 10.1 Å². The largest absolute Gasteiger partial charge is 0.291 e. The van der Waals surface area contributed by atoms with Crippen LogP contribution in [0.5, 0.6) is 0 Å². The third-order valence-electron chi connectivity index (χ3n) is 1.67. The zero-order chi connectivity index (χ0) is 10.0. The third kappa shape index (κ3) is 2.11. The molecule has 0 atom stereocenters.